The minimum Gasteiger partial charge on any atom is -0.416 e. The first kappa shape index (κ1) is 8.63. The highest BCUT2D eigenvalue weighted by molar-refractivity contribution is 6.79. The minimum absolute atomic E-state index is 0.727. The third kappa shape index (κ3) is 2.14. The highest BCUT2D eigenvalue weighted by Crippen LogP contribution is 2.10. The fourth-order valence-corrected chi connectivity index (χ4v) is 0.828. The lowest BCUT2D eigenvalue weighted by molar-refractivity contribution is 0.412. The van der Waals surface area contributed by atoms with E-state index in [2.05, 4.69) is 0 Å². The number of hydrogen-bond acceptors (Lipinski definition) is 2. The summed E-state index contributed by atoms with van der Waals surface area (Å²) in [6.07, 6.45) is 0. The lowest BCUT2D eigenvalue weighted by Gasteiger charge is -2.17. The summed E-state index contributed by atoms with van der Waals surface area (Å²) >= 11 is 0. The molecule has 52 valence electrons. The minimum atomic E-state index is -1.79. The molecular formula is C6H12O2Si. The van der Waals surface area contributed by atoms with E-state index in [1.54, 1.807) is 14.0 Å². The molecule has 9 heavy (non-hydrogen) atoms. The van der Waals surface area contributed by atoms with Gasteiger partial charge in [0.05, 0.1) is 0 Å². The van der Waals surface area contributed by atoms with E-state index >= 15 is 0 Å². The van der Waals surface area contributed by atoms with E-state index in [1.807, 2.05) is 19.0 Å². The van der Waals surface area contributed by atoms with Gasteiger partial charge in [0.25, 0.3) is 0 Å². The highest BCUT2D eigenvalue weighted by atomic mass is 28.4. The van der Waals surface area contributed by atoms with E-state index in [0.29, 0.717) is 0 Å². The Bertz CT molecular complexity index is 145. The molecule has 0 aromatic rings. The summed E-state index contributed by atoms with van der Waals surface area (Å²) in [5.41, 5.74) is 0. The molecule has 0 fully saturated rings. The molecule has 2 nitrogen and oxygen atoms in total. The van der Waals surface area contributed by atoms with Crippen LogP contribution in [0.4, 0.5) is 0 Å². The first-order chi connectivity index (χ1) is 4.04. The average Bonchev–Trinajstić information content (AvgIpc) is 1.86. The van der Waals surface area contributed by atoms with Gasteiger partial charge in [-0.25, -0.2) is 4.79 Å². The predicted molar refractivity (Wildman–Crippen MR) is 39.4 cm³/mol. The quantitative estimate of drug-likeness (QED) is 0.429. The zero-order chi connectivity index (χ0) is 7.49. The number of allylic oxidation sites excluding steroid dienone is 1. The second-order valence-corrected chi connectivity index (χ2v) is 6.62. The molecule has 0 saturated carbocycles. The van der Waals surface area contributed by atoms with Gasteiger partial charge in [-0.05, 0) is 20.0 Å². The van der Waals surface area contributed by atoms with Gasteiger partial charge in [0, 0.05) is 12.3 Å². The summed E-state index contributed by atoms with van der Waals surface area (Å²) in [6.45, 7) is 5.70. The van der Waals surface area contributed by atoms with Gasteiger partial charge in [0.2, 0.25) is 8.32 Å². The maximum atomic E-state index is 10.1. The van der Waals surface area contributed by atoms with Crippen LogP contribution in [-0.4, -0.2) is 21.4 Å². The smallest absolute Gasteiger partial charge is 0.224 e. The molecule has 0 unspecified atom stereocenters. The van der Waals surface area contributed by atoms with Crippen LogP contribution in [-0.2, 0) is 9.22 Å². The van der Waals surface area contributed by atoms with Crippen molar-refractivity contribution in [2.24, 2.45) is 0 Å². The van der Waals surface area contributed by atoms with Gasteiger partial charge < -0.3 is 4.43 Å². The molecule has 0 aromatic carbocycles. The number of carbonyl (C=O) groups excluding carboxylic acids is 1. The lowest BCUT2D eigenvalue weighted by Crippen LogP contribution is -2.30. The first-order valence-corrected chi connectivity index (χ1v) is 5.72. The number of hydrogen-bond donors (Lipinski definition) is 0. The maximum Gasteiger partial charge on any atom is 0.224 e. The van der Waals surface area contributed by atoms with Gasteiger partial charge in [-0.2, -0.15) is 0 Å². The Kier molecular flexibility index (Phi) is 2.84. The summed E-state index contributed by atoms with van der Waals surface area (Å²) in [5.74, 6) is 1.86. The molecule has 0 saturated heterocycles. The normalized spacial score (nSPS) is 10.7. The Morgan fingerprint density at radius 3 is 2.11 bits per heavy atom. The van der Waals surface area contributed by atoms with Crippen LogP contribution in [0.25, 0.3) is 0 Å². The summed E-state index contributed by atoms with van der Waals surface area (Å²) < 4.78 is 5.13. The van der Waals surface area contributed by atoms with Crippen LogP contribution in [0.15, 0.2) is 5.20 Å². The van der Waals surface area contributed by atoms with Crippen molar-refractivity contribution in [3.05, 3.63) is 5.20 Å². The second kappa shape index (κ2) is 2.97. The van der Waals surface area contributed by atoms with Crippen LogP contribution >= 0.6 is 0 Å². The molecule has 0 heterocycles. The average molecular weight is 144 g/mol. The SMILES string of the molecule is CO[Si](C)(C)C(C)=C=O. The van der Waals surface area contributed by atoms with Crippen molar-refractivity contribution in [1.29, 1.82) is 0 Å². The van der Waals surface area contributed by atoms with Gasteiger partial charge in [0.15, 0.2) is 0 Å². The third-order valence-corrected chi connectivity index (χ3v) is 4.50. The molecular weight excluding hydrogens is 132 g/mol. The van der Waals surface area contributed by atoms with Gasteiger partial charge in [-0.3, -0.25) is 0 Å². The van der Waals surface area contributed by atoms with E-state index in [0.717, 1.165) is 5.20 Å². The van der Waals surface area contributed by atoms with Crippen molar-refractivity contribution in [2.75, 3.05) is 7.11 Å². The fourth-order valence-electron chi connectivity index (χ4n) is 0.276. The zero-order valence-electron chi connectivity index (χ0n) is 6.32. The molecule has 0 rings (SSSR count). The Morgan fingerprint density at radius 2 is 2.00 bits per heavy atom. The molecule has 0 aliphatic heterocycles. The van der Waals surface area contributed by atoms with E-state index in [9.17, 15) is 4.79 Å². The van der Waals surface area contributed by atoms with Crippen molar-refractivity contribution in [3.8, 4) is 0 Å². The van der Waals surface area contributed by atoms with E-state index in [1.165, 1.54) is 0 Å². The predicted octanol–water partition coefficient (Wildman–Crippen LogP) is 1.16. The highest BCUT2D eigenvalue weighted by Gasteiger charge is 2.23. The van der Waals surface area contributed by atoms with Crippen LogP contribution in [0, 0.1) is 0 Å². The summed E-state index contributed by atoms with van der Waals surface area (Å²) in [7, 11) is -0.156. The second-order valence-electron chi connectivity index (χ2n) is 2.44. The molecule has 0 aliphatic carbocycles. The monoisotopic (exact) mass is 144 g/mol. The summed E-state index contributed by atoms with van der Waals surface area (Å²) in [6, 6.07) is 0. The molecule has 0 amide bonds. The molecule has 0 N–H and O–H groups in total. The van der Waals surface area contributed by atoms with Crippen LogP contribution in [0.1, 0.15) is 6.92 Å². The van der Waals surface area contributed by atoms with Crippen molar-refractivity contribution >= 4 is 14.3 Å². The summed E-state index contributed by atoms with van der Waals surface area (Å²) in [4.78, 5) is 10.1. The van der Waals surface area contributed by atoms with Crippen molar-refractivity contribution in [2.45, 2.75) is 20.0 Å². The molecule has 0 atom stereocenters. The van der Waals surface area contributed by atoms with Crippen LogP contribution in [0.3, 0.4) is 0 Å². The molecule has 0 bridgehead atoms. The third-order valence-electron chi connectivity index (χ3n) is 1.57. The van der Waals surface area contributed by atoms with Crippen LogP contribution in [0.2, 0.25) is 13.1 Å². The Hall–Kier alpha value is -0.373. The first-order valence-electron chi connectivity index (χ1n) is 2.82. The van der Waals surface area contributed by atoms with Crippen molar-refractivity contribution < 1.29 is 9.22 Å². The zero-order valence-corrected chi connectivity index (χ0v) is 7.32. The standard InChI is InChI=1S/C6H12O2Si/c1-6(5-7)9(3,4)8-2/h1-4H3. The van der Waals surface area contributed by atoms with E-state index in [-0.39, 0.29) is 0 Å². The van der Waals surface area contributed by atoms with E-state index in [4.69, 9.17) is 4.43 Å². The lowest BCUT2D eigenvalue weighted by atomic mass is 10.7. The van der Waals surface area contributed by atoms with Crippen molar-refractivity contribution in [1.82, 2.24) is 0 Å². The number of rotatable bonds is 2. The Labute approximate surface area is 56.7 Å². The molecule has 0 radical (unpaired) electrons. The molecule has 0 aromatic heterocycles. The van der Waals surface area contributed by atoms with Gasteiger partial charge in [-0.15, -0.1) is 0 Å². The maximum absolute atomic E-state index is 10.1. The topological polar surface area (TPSA) is 26.3 Å². The molecule has 3 heteroatoms. The largest absolute Gasteiger partial charge is 0.416 e. The Morgan fingerprint density at radius 1 is 1.56 bits per heavy atom. The van der Waals surface area contributed by atoms with Crippen LogP contribution < -0.4 is 0 Å². The Balaban J connectivity index is 4.33. The van der Waals surface area contributed by atoms with Crippen molar-refractivity contribution in [3.63, 3.8) is 0 Å². The van der Waals surface area contributed by atoms with Gasteiger partial charge in [-0.1, -0.05) is 0 Å². The van der Waals surface area contributed by atoms with E-state index < -0.39 is 8.32 Å². The van der Waals surface area contributed by atoms with Crippen LogP contribution in [0.5, 0.6) is 0 Å². The summed E-state index contributed by atoms with van der Waals surface area (Å²) in [5, 5.41) is 0.727. The van der Waals surface area contributed by atoms with Gasteiger partial charge >= 0.3 is 0 Å². The van der Waals surface area contributed by atoms with Gasteiger partial charge in [0.1, 0.15) is 5.94 Å². The fraction of sp³-hybridized carbons (Fsp3) is 0.667. The molecule has 0 aliphatic rings. The molecule has 0 spiro atoms.